The van der Waals surface area contributed by atoms with Crippen molar-refractivity contribution in [2.75, 3.05) is 26.3 Å². The summed E-state index contributed by atoms with van der Waals surface area (Å²) in [6.07, 6.45) is 0.470. The summed E-state index contributed by atoms with van der Waals surface area (Å²) >= 11 is 0. The molecule has 0 aromatic carbocycles. The van der Waals surface area contributed by atoms with Crippen molar-refractivity contribution in [1.82, 2.24) is 15.5 Å². The standard InChI is InChI=1S/C17H32N4O4/c1-11(2)10-12(19-16(24)21-6-8-25-9-7-21)15(23)20-13(14(18)22)17(3,4)5/h11-13H,6-10H2,1-5H3,(H2,18,22)(H,19,24)(H,20,23)/t12-,13+/m0/s1. The Balaban J connectivity index is 2.80. The highest BCUT2D eigenvalue weighted by atomic mass is 16.5. The normalized spacial score (nSPS) is 17.8. The Hall–Kier alpha value is -1.83. The Bertz CT molecular complexity index is 482. The molecule has 0 saturated carbocycles. The molecule has 4 amide bonds. The van der Waals surface area contributed by atoms with E-state index in [0.717, 1.165) is 0 Å². The van der Waals surface area contributed by atoms with Gasteiger partial charge in [0.15, 0.2) is 0 Å². The van der Waals surface area contributed by atoms with E-state index in [1.807, 2.05) is 34.6 Å². The highest BCUT2D eigenvalue weighted by Gasteiger charge is 2.34. The molecule has 2 atom stereocenters. The molecular weight excluding hydrogens is 324 g/mol. The molecule has 25 heavy (non-hydrogen) atoms. The molecule has 8 nitrogen and oxygen atoms in total. The van der Waals surface area contributed by atoms with Crippen molar-refractivity contribution in [3.05, 3.63) is 0 Å². The number of nitrogens with two attached hydrogens (primary N) is 1. The van der Waals surface area contributed by atoms with Gasteiger partial charge in [-0.1, -0.05) is 34.6 Å². The quantitative estimate of drug-likeness (QED) is 0.641. The summed E-state index contributed by atoms with van der Waals surface area (Å²) in [5.41, 5.74) is 4.91. The zero-order valence-corrected chi connectivity index (χ0v) is 15.9. The topological polar surface area (TPSA) is 114 Å². The lowest BCUT2D eigenvalue weighted by Crippen LogP contribution is -2.59. The number of morpholine rings is 1. The van der Waals surface area contributed by atoms with Crippen LogP contribution in [0.3, 0.4) is 0 Å². The van der Waals surface area contributed by atoms with E-state index in [1.165, 1.54) is 0 Å². The minimum Gasteiger partial charge on any atom is -0.378 e. The number of ether oxygens (including phenoxy) is 1. The fourth-order valence-electron chi connectivity index (χ4n) is 2.67. The summed E-state index contributed by atoms with van der Waals surface area (Å²) in [5, 5.41) is 5.48. The SMILES string of the molecule is CC(C)C[C@H](NC(=O)N1CCOCC1)C(=O)N[C@H](C(N)=O)C(C)(C)C. The third-order valence-electron chi connectivity index (χ3n) is 4.06. The van der Waals surface area contributed by atoms with Gasteiger partial charge in [0, 0.05) is 13.1 Å². The van der Waals surface area contributed by atoms with Crippen LogP contribution < -0.4 is 16.4 Å². The molecular formula is C17H32N4O4. The largest absolute Gasteiger partial charge is 0.378 e. The van der Waals surface area contributed by atoms with Crippen LogP contribution in [0.25, 0.3) is 0 Å². The lowest BCUT2D eigenvalue weighted by atomic mass is 9.86. The van der Waals surface area contributed by atoms with Gasteiger partial charge >= 0.3 is 6.03 Å². The molecule has 1 rings (SSSR count). The lowest BCUT2D eigenvalue weighted by molar-refractivity contribution is -0.131. The van der Waals surface area contributed by atoms with Gasteiger partial charge in [-0.15, -0.1) is 0 Å². The number of amides is 4. The van der Waals surface area contributed by atoms with E-state index >= 15 is 0 Å². The Morgan fingerprint density at radius 2 is 1.68 bits per heavy atom. The average Bonchev–Trinajstić information content (AvgIpc) is 2.50. The molecule has 1 heterocycles. The Morgan fingerprint density at radius 3 is 2.12 bits per heavy atom. The maximum Gasteiger partial charge on any atom is 0.318 e. The van der Waals surface area contributed by atoms with Crippen molar-refractivity contribution in [2.45, 2.75) is 53.1 Å². The molecule has 1 saturated heterocycles. The first-order valence-corrected chi connectivity index (χ1v) is 8.75. The van der Waals surface area contributed by atoms with E-state index in [2.05, 4.69) is 10.6 Å². The number of carbonyl (C=O) groups is 3. The Labute approximate surface area is 149 Å². The third kappa shape index (κ3) is 6.89. The van der Waals surface area contributed by atoms with Crippen LogP contribution >= 0.6 is 0 Å². The molecule has 0 aliphatic carbocycles. The van der Waals surface area contributed by atoms with Crippen LogP contribution in [-0.4, -0.2) is 61.1 Å². The average molecular weight is 356 g/mol. The molecule has 0 radical (unpaired) electrons. The molecule has 0 spiro atoms. The highest BCUT2D eigenvalue weighted by molar-refractivity contribution is 5.91. The van der Waals surface area contributed by atoms with Gasteiger partial charge in [-0.2, -0.15) is 0 Å². The summed E-state index contributed by atoms with van der Waals surface area (Å²) in [7, 11) is 0. The predicted molar refractivity (Wildman–Crippen MR) is 94.7 cm³/mol. The van der Waals surface area contributed by atoms with E-state index < -0.39 is 29.3 Å². The van der Waals surface area contributed by atoms with Gasteiger partial charge in [0.05, 0.1) is 13.2 Å². The van der Waals surface area contributed by atoms with Gasteiger partial charge < -0.3 is 26.0 Å². The second-order valence-electron chi connectivity index (χ2n) is 7.94. The molecule has 1 aliphatic heterocycles. The van der Waals surface area contributed by atoms with Gasteiger partial charge in [-0.05, 0) is 17.8 Å². The maximum atomic E-state index is 12.7. The number of nitrogens with zero attached hydrogens (tertiary/aromatic N) is 1. The van der Waals surface area contributed by atoms with Crippen molar-refractivity contribution in [2.24, 2.45) is 17.1 Å². The van der Waals surface area contributed by atoms with E-state index in [1.54, 1.807) is 4.90 Å². The lowest BCUT2D eigenvalue weighted by Gasteiger charge is -2.32. The fraction of sp³-hybridized carbons (Fsp3) is 0.824. The molecule has 8 heteroatoms. The second kappa shape index (κ2) is 9.03. The van der Waals surface area contributed by atoms with Gasteiger partial charge in [-0.3, -0.25) is 9.59 Å². The second-order valence-corrected chi connectivity index (χ2v) is 7.94. The molecule has 0 bridgehead atoms. The number of hydrogen-bond acceptors (Lipinski definition) is 4. The number of carbonyl (C=O) groups excluding carboxylic acids is 3. The summed E-state index contributed by atoms with van der Waals surface area (Å²) in [4.78, 5) is 38.4. The van der Waals surface area contributed by atoms with Crippen LogP contribution in [0.2, 0.25) is 0 Å². The van der Waals surface area contributed by atoms with Crippen LogP contribution in [0.15, 0.2) is 0 Å². The van der Waals surface area contributed by atoms with Gasteiger partial charge in [0.25, 0.3) is 0 Å². The van der Waals surface area contributed by atoms with E-state index in [9.17, 15) is 14.4 Å². The van der Waals surface area contributed by atoms with Crippen LogP contribution in [-0.2, 0) is 14.3 Å². The highest BCUT2D eigenvalue weighted by Crippen LogP contribution is 2.19. The molecule has 0 aromatic heterocycles. The van der Waals surface area contributed by atoms with Crippen LogP contribution in [0.1, 0.15) is 41.0 Å². The first-order chi connectivity index (χ1) is 11.5. The van der Waals surface area contributed by atoms with E-state index in [4.69, 9.17) is 10.5 Å². The van der Waals surface area contributed by atoms with Gasteiger partial charge in [0.1, 0.15) is 12.1 Å². The van der Waals surface area contributed by atoms with Crippen LogP contribution in [0.4, 0.5) is 4.79 Å². The predicted octanol–water partition coefficient (Wildman–Crippen LogP) is 0.459. The number of rotatable bonds is 6. The van der Waals surface area contributed by atoms with Crippen LogP contribution in [0, 0.1) is 11.3 Å². The molecule has 4 N–H and O–H groups in total. The fourth-order valence-corrected chi connectivity index (χ4v) is 2.67. The number of hydrogen-bond donors (Lipinski definition) is 3. The van der Waals surface area contributed by atoms with E-state index in [-0.39, 0.29) is 11.9 Å². The Morgan fingerprint density at radius 1 is 1.12 bits per heavy atom. The maximum absolute atomic E-state index is 12.7. The minimum absolute atomic E-state index is 0.197. The smallest absolute Gasteiger partial charge is 0.318 e. The van der Waals surface area contributed by atoms with Crippen molar-refractivity contribution in [1.29, 1.82) is 0 Å². The molecule has 0 aromatic rings. The summed E-state index contributed by atoms with van der Waals surface area (Å²) < 4.78 is 5.23. The third-order valence-corrected chi connectivity index (χ3v) is 4.06. The van der Waals surface area contributed by atoms with Crippen LogP contribution in [0.5, 0.6) is 0 Å². The van der Waals surface area contributed by atoms with Crippen molar-refractivity contribution in [3.8, 4) is 0 Å². The Kier molecular flexibility index (Phi) is 7.66. The van der Waals surface area contributed by atoms with Crippen molar-refractivity contribution < 1.29 is 19.1 Å². The first-order valence-electron chi connectivity index (χ1n) is 8.75. The molecule has 0 unspecified atom stereocenters. The minimum atomic E-state index is -0.810. The number of nitrogens with one attached hydrogen (secondary N) is 2. The number of urea groups is 1. The first kappa shape index (κ1) is 21.2. The summed E-state index contributed by atoms with van der Waals surface area (Å²) in [6.45, 7) is 11.4. The van der Waals surface area contributed by atoms with Crippen molar-refractivity contribution in [3.63, 3.8) is 0 Å². The molecule has 1 fully saturated rings. The van der Waals surface area contributed by atoms with Crippen molar-refractivity contribution >= 4 is 17.8 Å². The summed E-state index contributed by atoms with van der Waals surface area (Å²) in [5.74, 6) is -0.792. The molecule has 144 valence electrons. The van der Waals surface area contributed by atoms with E-state index in [0.29, 0.717) is 32.7 Å². The van der Waals surface area contributed by atoms with Gasteiger partial charge in [0.2, 0.25) is 11.8 Å². The summed E-state index contributed by atoms with van der Waals surface area (Å²) in [6, 6.07) is -1.83. The zero-order chi connectivity index (χ0) is 19.2. The molecule has 1 aliphatic rings. The van der Waals surface area contributed by atoms with Gasteiger partial charge in [-0.25, -0.2) is 4.79 Å². The zero-order valence-electron chi connectivity index (χ0n) is 15.9. The number of primary amides is 1. The monoisotopic (exact) mass is 356 g/mol.